The summed E-state index contributed by atoms with van der Waals surface area (Å²) in [5, 5.41) is 0. The number of hydrogen-bond donors (Lipinski definition) is 0. The molecule has 0 heterocycles. The highest BCUT2D eigenvalue weighted by Gasteiger charge is 2.45. The second kappa shape index (κ2) is 4.83. The average molecular weight is 238 g/mol. The highest BCUT2D eigenvalue weighted by molar-refractivity contribution is 5.87. The Balaban J connectivity index is 2.78. The van der Waals surface area contributed by atoms with Crippen molar-refractivity contribution in [1.29, 1.82) is 0 Å². The molecule has 0 unspecified atom stereocenters. The highest BCUT2D eigenvalue weighted by atomic mass is 16.5. The molecule has 1 saturated carbocycles. The molecule has 2 heteroatoms. The van der Waals surface area contributed by atoms with Crippen molar-refractivity contribution in [1.82, 2.24) is 0 Å². The van der Waals surface area contributed by atoms with E-state index in [0.717, 1.165) is 6.42 Å². The van der Waals surface area contributed by atoms with Crippen molar-refractivity contribution < 1.29 is 9.53 Å². The Morgan fingerprint density at radius 1 is 1.29 bits per heavy atom. The molecule has 0 aromatic heterocycles. The molecule has 0 aromatic rings. The molecular formula is C15H26O2. The van der Waals surface area contributed by atoms with Crippen LogP contribution >= 0.6 is 0 Å². The Kier molecular flexibility index (Phi) is 4.06. The Morgan fingerprint density at radius 3 is 2.29 bits per heavy atom. The maximum Gasteiger partial charge on any atom is 0.333 e. The van der Waals surface area contributed by atoms with Gasteiger partial charge in [0.05, 0.1) is 0 Å². The van der Waals surface area contributed by atoms with E-state index < -0.39 is 0 Å². The van der Waals surface area contributed by atoms with Gasteiger partial charge < -0.3 is 4.74 Å². The van der Waals surface area contributed by atoms with E-state index in [4.69, 9.17) is 4.74 Å². The van der Waals surface area contributed by atoms with Crippen LogP contribution in [0.5, 0.6) is 0 Å². The lowest BCUT2D eigenvalue weighted by molar-refractivity contribution is -0.156. The van der Waals surface area contributed by atoms with Gasteiger partial charge in [-0.05, 0) is 36.5 Å². The van der Waals surface area contributed by atoms with Gasteiger partial charge in [0.1, 0.15) is 6.10 Å². The summed E-state index contributed by atoms with van der Waals surface area (Å²) in [5.74, 6) is 1.27. The number of hydrogen-bond acceptors (Lipinski definition) is 2. The van der Waals surface area contributed by atoms with Gasteiger partial charge in [-0.3, -0.25) is 0 Å². The van der Waals surface area contributed by atoms with E-state index in [2.05, 4.69) is 41.2 Å². The minimum absolute atomic E-state index is 0.0391. The minimum Gasteiger partial charge on any atom is -0.459 e. The lowest BCUT2D eigenvalue weighted by Gasteiger charge is -2.49. The maximum absolute atomic E-state index is 11.6. The van der Waals surface area contributed by atoms with Crippen LogP contribution in [0.25, 0.3) is 0 Å². The van der Waals surface area contributed by atoms with Crippen LogP contribution in [0.2, 0.25) is 0 Å². The molecule has 1 aliphatic rings. The first kappa shape index (κ1) is 14.3. The lowest BCUT2D eigenvalue weighted by atomic mass is 9.59. The van der Waals surface area contributed by atoms with Crippen molar-refractivity contribution >= 4 is 5.97 Å². The van der Waals surface area contributed by atoms with Gasteiger partial charge >= 0.3 is 5.97 Å². The Labute approximate surface area is 105 Å². The Bertz CT molecular complexity index is 317. The van der Waals surface area contributed by atoms with E-state index in [1.54, 1.807) is 6.92 Å². The summed E-state index contributed by atoms with van der Waals surface area (Å²) in [6.07, 6.45) is 0.995. The first-order valence-electron chi connectivity index (χ1n) is 6.54. The van der Waals surface area contributed by atoms with Crippen LogP contribution in [0.1, 0.15) is 48.0 Å². The first-order valence-corrected chi connectivity index (χ1v) is 6.54. The quantitative estimate of drug-likeness (QED) is 0.540. The van der Waals surface area contributed by atoms with Gasteiger partial charge in [-0.1, -0.05) is 41.2 Å². The molecule has 0 bridgehead atoms. The first-order chi connectivity index (χ1) is 7.67. The van der Waals surface area contributed by atoms with E-state index in [1.165, 1.54) is 0 Å². The molecule has 1 rings (SSSR count). The van der Waals surface area contributed by atoms with E-state index in [1.807, 2.05) is 0 Å². The van der Waals surface area contributed by atoms with Crippen molar-refractivity contribution in [3.05, 3.63) is 12.2 Å². The Morgan fingerprint density at radius 2 is 1.82 bits per heavy atom. The SMILES string of the molecule is C=C(C)C(=O)O[C@@H]1C[C@H](C)C(C)(C)[C@H](C)[C@H]1C. The van der Waals surface area contributed by atoms with Crippen LogP contribution in [0.3, 0.4) is 0 Å². The summed E-state index contributed by atoms with van der Waals surface area (Å²) in [5.41, 5.74) is 0.799. The third kappa shape index (κ3) is 2.72. The van der Waals surface area contributed by atoms with E-state index in [-0.39, 0.29) is 12.1 Å². The fraction of sp³-hybridized carbons (Fsp3) is 0.800. The largest absolute Gasteiger partial charge is 0.459 e. The van der Waals surface area contributed by atoms with Crippen LogP contribution in [-0.2, 0) is 9.53 Å². The van der Waals surface area contributed by atoms with Crippen LogP contribution in [0, 0.1) is 23.2 Å². The number of carbonyl (C=O) groups excluding carboxylic acids is 1. The van der Waals surface area contributed by atoms with Crippen LogP contribution in [0.15, 0.2) is 12.2 Å². The summed E-state index contributed by atoms with van der Waals surface area (Å²) >= 11 is 0. The zero-order chi connectivity index (χ0) is 13.4. The van der Waals surface area contributed by atoms with Crippen molar-refractivity contribution in [3.63, 3.8) is 0 Å². The monoisotopic (exact) mass is 238 g/mol. The fourth-order valence-corrected chi connectivity index (χ4v) is 2.71. The summed E-state index contributed by atoms with van der Waals surface area (Å²) in [7, 11) is 0. The molecule has 4 atom stereocenters. The molecule has 0 radical (unpaired) electrons. The Hall–Kier alpha value is -0.790. The molecule has 0 aliphatic heterocycles. The summed E-state index contributed by atoms with van der Waals surface area (Å²) in [6.45, 7) is 16.7. The summed E-state index contributed by atoms with van der Waals surface area (Å²) in [6, 6.07) is 0. The van der Waals surface area contributed by atoms with Gasteiger partial charge in [-0.15, -0.1) is 0 Å². The third-order valence-electron chi connectivity index (χ3n) is 5.01. The zero-order valence-electron chi connectivity index (χ0n) is 12.0. The molecule has 0 aromatic carbocycles. The van der Waals surface area contributed by atoms with Gasteiger partial charge in [0.15, 0.2) is 0 Å². The molecule has 2 nitrogen and oxygen atoms in total. The van der Waals surface area contributed by atoms with Gasteiger partial charge in [0.2, 0.25) is 0 Å². The normalized spacial score (nSPS) is 36.4. The topological polar surface area (TPSA) is 26.3 Å². The minimum atomic E-state index is -0.249. The lowest BCUT2D eigenvalue weighted by Crippen LogP contribution is -2.46. The maximum atomic E-state index is 11.6. The highest BCUT2D eigenvalue weighted by Crippen LogP contribution is 2.48. The van der Waals surface area contributed by atoms with Crippen molar-refractivity contribution in [2.45, 2.75) is 54.1 Å². The fourth-order valence-electron chi connectivity index (χ4n) is 2.71. The number of ether oxygens (including phenoxy) is 1. The van der Waals surface area contributed by atoms with Crippen molar-refractivity contribution in [3.8, 4) is 0 Å². The van der Waals surface area contributed by atoms with E-state index >= 15 is 0 Å². The predicted octanol–water partition coefficient (Wildman–Crippen LogP) is 3.81. The van der Waals surface area contributed by atoms with Gasteiger partial charge in [0.25, 0.3) is 0 Å². The molecule has 0 amide bonds. The second-order valence-corrected chi connectivity index (χ2v) is 6.33. The standard InChI is InChI=1S/C15H26O2/c1-9(2)14(16)17-13-8-10(3)15(6,7)12(5)11(13)4/h10-13H,1,8H2,2-7H3/t10-,11+,12+,13+/m0/s1. The van der Waals surface area contributed by atoms with Crippen LogP contribution in [-0.4, -0.2) is 12.1 Å². The van der Waals surface area contributed by atoms with Crippen LogP contribution in [0.4, 0.5) is 0 Å². The molecule has 0 spiro atoms. The molecule has 0 N–H and O–H groups in total. The molecule has 1 aliphatic carbocycles. The summed E-state index contributed by atoms with van der Waals surface area (Å²) < 4.78 is 5.56. The molecule has 98 valence electrons. The number of rotatable bonds is 2. The molecule has 1 fully saturated rings. The van der Waals surface area contributed by atoms with Gasteiger partial charge in [-0.25, -0.2) is 4.79 Å². The van der Waals surface area contributed by atoms with Gasteiger partial charge in [0, 0.05) is 5.57 Å². The predicted molar refractivity (Wildman–Crippen MR) is 70.6 cm³/mol. The molecular weight excluding hydrogens is 212 g/mol. The number of carbonyl (C=O) groups is 1. The van der Waals surface area contributed by atoms with Crippen molar-refractivity contribution in [2.75, 3.05) is 0 Å². The van der Waals surface area contributed by atoms with Crippen LogP contribution < -0.4 is 0 Å². The van der Waals surface area contributed by atoms with Gasteiger partial charge in [-0.2, -0.15) is 0 Å². The molecule has 17 heavy (non-hydrogen) atoms. The van der Waals surface area contributed by atoms with E-state index in [9.17, 15) is 4.79 Å². The average Bonchev–Trinajstić information content (AvgIpc) is 2.23. The smallest absolute Gasteiger partial charge is 0.333 e. The second-order valence-electron chi connectivity index (χ2n) is 6.33. The summed E-state index contributed by atoms with van der Waals surface area (Å²) in [4.78, 5) is 11.6. The third-order valence-corrected chi connectivity index (χ3v) is 5.01. The van der Waals surface area contributed by atoms with Crippen molar-refractivity contribution in [2.24, 2.45) is 23.2 Å². The molecule has 0 saturated heterocycles. The zero-order valence-corrected chi connectivity index (χ0v) is 12.0. The van der Waals surface area contributed by atoms with E-state index in [0.29, 0.717) is 28.7 Å². The number of esters is 1.